The second-order valence-corrected chi connectivity index (χ2v) is 8.30. The van der Waals surface area contributed by atoms with Gasteiger partial charge in [0, 0.05) is 23.7 Å². The van der Waals surface area contributed by atoms with E-state index in [1.54, 1.807) is 60.4 Å². The van der Waals surface area contributed by atoms with Gasteiger partial charge in [0.25, 0.3) is 0 Å². The van der Waals surface area contributed by atoms with Gasteiger partial charge in [-0.15, -0.1) is 0 Å². The minimum absolute atomic E-state index is 0.0933. The number of rotatable bonds is 9. The number of benzene rings is 2. The number of aromatic hydroxyl groups is 2. The summed E-state index contributed by atoms with van der Waals surface area (Å²) in [6, 6.07) is 13.2. The molecule has 0 aromatic heterocycles. The van der Waals surface area contributed by atoms with Gasteiger partial charge in [-0.1, -0.05) is 49.2 Å². The van der Waals surface area contributed by atoms with Gasteiger partial charge >= 0.3 is 12.1 Å². The summed E-state index contributed by atoms with van der Waals surface area (Å²) in [6.07, 6.45) is 2.71. The first-order chi connectivity index (χ1) is 15.9. The molecule has 0 heterocycles. The smallest absolute Gasteiger partial charge is 0.410 e. The van der Waals surface area contributed by atoms with Crippen LogP contribution in [0.4, 0.5) is 4.79 Å². The maximum atomic E-state index is 13.0. The molecule has 1 saturated carbocycles. The maximum Gasteiger partial charge on any atom is 0.410 e. The maximum absolute atomic E-state index is 13.0. The molecule has 2 atom stereocenters. The lowest BCUT2D eigenvalue weighted by Crippen LogP contribution is -2.55. The number of amides is 1. The molecule has 8 heteroatoms. The number of carboxylic acids is 1. The van der Waals surface area contributed by atoms with Crippen LogP contribution in [0.15, 0.2) is 48.5 Å². The molecule has 1 fully saturated rings. The van der Waals surface area contributed by atoms with E-state index in [1.165, 1.54) is 0 Å². The van der Waals surface area contributed by atoms with Crippen LogP contribution in [0.25, 0.3) is 0 Å². The number of carbonyl (C=O) groups is 2. The molecule has 2 aromatic rings. The molecule has 1 aliphatic carbocycles. The first-order valence-corrected chi connectivity index (χ1v) is 11.3. The molecule has 1 amide bonds. The first-order valence-electron chi connectivity index (χ1n) is 11.3. The van der Waals surface area contributed by atoms with Crippen LogP contribution in [-0.4, -0.2) is 62.4 Å². The zero-order valence-corrected chi connectivity index (χ0v) is 18.9. The zero-order valence-electron chi connectivity index (χ0n) is 18.9. The van der Waals surface area contributed by atoms with E-state index >= 15 is 0 Å². The average molecular weight is 457 g/mol. The Hall–Kier alpha value is -3.26. The number of para-hydroxylation sites is 2. The molecule has 3 rings (SSSR count). The molecule has 0 bridgehead atoms. The number of hydrogen-bond acceptors (Lipinski definition) is 6. The quantitative estimate of drug-likeness (QED) is 0.524. The highest BCUT2D eigenvalue weighted by atomic mass is 16.6. The minimum Gasteiger partial charge on any atom is -0.508 e. The van der Waals surface area contributed by atoms with Crippen molar-refractivity contribution in [3.63, 3.8) is 0 Å². The molecule has 178 valence electrons. The number of carboxylic acid groups (broad SMARTS) is 1. The molecule has 3 N–H and O–H groups in total. The van der Waals surface area contributed by atoms with Gasteiger partial charge in [0.05, 0.1) is 25.7 Å². The molecule has 0 radical (unpaired) electrons. The number of nitrogens with zero attached hydrogens (tertiary/aromatic N) is 2. The van der Waals surface area contributed by atoms with Gasteiger partial charge in [0.1, 0.15) is 11.5 Å². The number of hydrogen-bond donors (Lipinski definition) is 3. The summed E-state index contributed by atoms with van der Waals surface area (Å²) < 4.78 is 5.35. The van der Waals surface area contributed by atoms with Gasteiger partial charge in [-0.3, -0.25) is 14.6 Å². The van der Waals surface area contributed by atoms with Crippen molar-refractivity contribution in [3.05, 3.63) is 59.7 Å². The summed E-state index contributed by atoms with van der Waals surface area (Å²) in [6.45, 7) is 2.13. The fourth-order valence-electron chi connectivity index (χ4n) is 4.56. The van der Waals surface area contributed by atoms with Crippen molar-refractivity contribution in [2.45, 2.75) is 57.8 Å². The Balaban J connectivity index is 1.94. The van der Waals surface area contributed by atoms with Crippen molar-refractivity contribution in [2.75, 3.05) is 13.2 Å². The summed E-state index contributed by atoms with van der Waals surface area (Å²) in [4.78, 5) is 28.2. The highest BCUT2D eigenvalue weighted by Crippen LogP contribution is 2.32. The molecule has 0 saturated heterocycles. The number of aliphatic carboxylic acids is 1. The first kappa shape index (κ1) is 24.4. The van der Waals surface area contributed by atoms with Crippen molar-refractivity contribution < 1.29 is 29.6 Å². The van der Waals surface area contributed by atoms with Gasteiger partial charge in [0.2, 0.25) is 0 Å². The summed E-state index contributed by atoms with van der Waals surface area (Å²) in [5.74, 6) is -0.773. The predicted molar refractivity (Wildman–Crippen MR) is 123 cm³/mol. The number of ether oxygens (including phenoxy) is 1. The van der Waals surface area contributed by atoms with Gasteiger partial charge in [-0.2, -0.15) is 0 Å². The minimum atomic E-state index is -0.974. The second kappa shape index (κ2) is 11.6. The van der Waals surface area contributed by atoms with Gasteiger partial charge < -0.3 is 20.1 Å². The van der Waals surface area contributed by atoms with Crippen molar-refractivity contribution in [3.8, 4) is 11.5 Å². The summed E-state index contributed by atoms with van der Waals surface area (Å²) >= 11 is 0. The average Bonchev–Trinajstić information content (AvgIpc) is 2.79. The van der Waals surface area contributed by atoms with Crippen LogP contribution in [0.5, 0.6) is 11.5 Å². The third kappa shape index (κ3) is 6.38. The molecule has 1 aliphatic rings. The van der Waals surface area contributed by atoms with Crippen molar-refractivity contribution in [1.82, 2.24) is 9.80 Å². The third-order valence-corrected chi connectivity index (χ3v) is 6.10. The number of carbonyl (C=O) groups excluding carboxylic acids is 1. The largest absolute Gasteiger partial charge is 0.508 e. The van der Waals surface area contributed by atoms with E-state index in [4.69, 9.17) is 4.74 Å². The van der Waals surface area contributed by atoms with Crippen LogP contribution in [-0.2, 0) is 22.6 Å². The summed E-state index contributed by atoms with van der Waals surface area (Å²) in [7, 11) is 0. The van der Waals surface area contributed by atoms with Crippen LogP contribution < -0.4 is 0 Å². The standard InChI is InChI=1S/C25H32N2O6/c1-2-33-25(32)27(16-19-10-4-8-14-23(19)29)21-12-6-5-11-20(21)26(17-24(30)31)15-18-9-3-7-13-22(18)28/h3-4,7-10,13-14,20-21,28-29H,2,5-6,11-12,15-17H2,1H3,(H,30,31)/t20-,21-/m1/s1. The van der Waals surface area contributed by atoms with Crippen LogP contribution in [0, 0.1) is 0 Å². The lowest BCUT2D eigenvalue weighted by atomic mass is 9.87. The Morgan fingerprint density at radius 1 is 0.909 bits per heavy atom. The molecular formula is C25H32N2O6. The SMILES string of the molecule is CCOC(=O)N(Cc1ccccc1O)[C@@H]1CCCC[C@H]1N(CC(=O)O)Cc1ccccc1O. The van der Waals surface area contributed by atoms with Crippen LogP contribution in [0.1, 0.15) is 43.7 Å². The van der Waals surface area contributed by atoms with Crippen molar-refractivity contribution >= 4 is 12.1 Å². The second-order valence-electron chi connectivity index (χ2n) is 8.30. The highest BCUT2D eigenvalue weighted by molar-refractivity contribution is 5.70. The van der Waals surface area contributed by atoms with Gasteiger partial charge in [-0.25, -0.2) is 4.79 Å². The fourth-order valence-corrected chi connectivity index (χ4v) is 4.56. The van der Waals surface area contributed by atoms with Crippen molar-refractivity contribution in [1.29, 1.82) is 0 Å². The van der Waals surface area contributed by atoms with E-state index in [0.29, 0.717) is 24.0 Å². The number of phenols is 2. The Bertz CT molecular complexity index is 950. The van der Waals surface area contributed by atoms with E-state index in [0.717, 1.165) is 12.8 Å². The number of phenolic OH excluding ortho intramolecular Hbond substituents is 2. The molecule has 8 nitrogen and oxygen atoms in total. The summed E-state index contributed by atoms with van der Waals surface area (Å²) in [5.41, 5.74) is 1.23. The Labute approximate surface area is 194 Å². The normalized spacial score (nSPS) is 18.1. The van der Waals surface area contributed by atoms with E-state index < -0.39 is 12.1 Å². The third-order valence-electron chi connectivity index (χ3n) is 6.10. The molecule has 33 heavy (non-hydrogen) atoms. The molecule has 0 unspecified atom stereocenters. The van der Waals surface area contributed by atoms with E-state index in [9.17, 15) is 24.9 Å². The molecular weight excluding hydrogens is 424 g/mol. The van der Waals surface area contributed by atoms with Crippen LogP contribution in [0.2, 0.25) is 0 Å². The lowest BCUT2D eigenvalue weighted by Gasteiger charge is -2.44. The fraction of sp³-hybridized carbons (Fsp3) is 0.440. The topological polar surface area (TPSA) is 111 Å². The Morgan fingerprint density at radius 3 is 2.00 bits per heavy atom. The van der Waals surface area contributed by atoms with Gasteiger partial charge in [-0.05, 0) is 31.9 Å². The molecule has 0 spiro atoms. The zero-order chi connectivity index (χ0) is 23.8. The van der Waals surface area contributed by atoms with Crippen molar-refractivity contribution in [2.24, 2.45) is 0 Å². The van der Waals surface area contributed by atoms with Gasteiger partial charge in [0.15, 0.2) is 0 Å². The Kier molecular flexibility index (Phi) is 8.54. The lowest BCUT2D eigenvalue weighted by molar-refractivity contribution is -0.139. The highest BCUT2D eigenvalue weighted by Gasteiger charge is 2.38. The summed E-state index contributed by atoms with van der Waals surface area (Å²) in [5, 5.41) is 30.2. The van der Waals surface area contributed by atoms with E-state index in [-0.39, 0.29) is 49.8 Å². The molecule has 0 aliphatic heterocycles. The van der Waals surface area contributed by atoms with E-state index in [2.05, 4.69) is 0 Å². The van der Waals surface area contributed by atoms with E-state index in [1.807, 2.05) is 4.90 Å². The predicted octanol–water partition coefficient (Wildman–Crippen LogP) is 3.95. The van der Waals surface area contributed by atoms with Crippen LogP contribution in [0.3, 0.4) is 0 Å². The molecule has 2 aromatic carbocycles. The monoisotopic (exact) mass is 456 g/mol. The Morgan fingerprint density at radius 2 is 1.45 bits per heavy atom. The van der Waals surface area contributed by atoms with Crippen LogP contribution >= 0.6 is 0 Å².